The van der Waals surface area contributed by atoms with E-state index >= 15 is 0 Å². The molecule has 4 N–H and O–H groups in total. The Morgan fingerprint density at radius 2 is 2.29 bits per heavy atom. The monoisotopic (exact) mass is 203 g/mol. The number of aliphatic hydroxyl groups is 3. The molecule has 0 saturated carbocycles. The molecule has 1 rings (SSSR count). The highest BCUT2D eigenvalue weighted by molar-refractivity contribution is 5.93. The van der Waals surface area contributed by atoms with Crippen molar-refractivity contribution in [2.24, 2.45) is 0 Å². The van der Waals surface area contributed by atoms with Crippen LogP contribution in [0.15, 0.2) is 11.5 Å². The fourth-order valence-corrected chi connectivity index (χ4v) is 1.03. The van der Waals surface area contributed by atoms with Crippen molar-refractivity contribution in [1.82, 2.24) is 5.32 Å². The van der Waals surface area contributed by atoms with Crippen LogP contribution in [0.5, 0.6) is 0 Å². The highest BCUT2D eigenvalue weighted by Gasteiger charge is 2.38. The van der Waals surface area contributed by atoms with Gasteiger partial charge >= 0.3 is 5.97 Å². The van der Waals surface area contributed by atoms with E-state index in [1.165, 1.54) is 0 Å². The lowest BCUT2D eigenvalue weighted by atomic mass is 10.2. The fourth-order valence-electron chi connectivity index (χ4n) is 1.03. The SMILES string of the molecule is O=CNC1=C(O)C(C(O)CO)OC1=O. The average Bonchev–Trinajstić information content (AvgIpc) is 2.45. The normalized spacial score (nSPS) is 23.3. The summed E-state index contributed by atoms with van der Waals surface area (Å²) < 4.78 is 4.50. The van der Waals surface area contributed by atoms with Crippen molar-refractivity contribution < 1.29 is 29.6 Å². The van der Waals surface area contributed by atoms with Gasteiger partial charge in [0.1, 0.15) is 6.10 Å². The number of aliphatic hydroxyl groups excluding tert-OH is 3. The first-order valence-corrected chi connectivity index (χ1v) is 3.75. The van der Waals surface area contributed by atoms with Crippen LogP contribution in [0.2, 0.25) is 0 Å². The standard InChI is InChI=1S/C7H9NO6/c9-1-3(11)6-5(12)4(8-2-10)7(13)14-6/h2-3,6,9,11-12H,1H2,(H,8,10). The van der Waals surface area contributed by atoms with E-state index in [2.05, 4.69) is 4.74 Å². The van der Waals surface area contributed by atoms with E-state index in [0.29, 0.717) is 0 Å². The highest BCUT2D eigenvalue weighted by atomic mass is 16.6. The number of nitrogens with one attached hydrogen (secondary N) is 1. The molecule has 0 aromatic heterocycles. The molecule has 7 heteroatoms. The van der Waals surface area contributed by atoms with Gasteiger partial charge in [0.05, 0.1) is 6.61 Å². The molecule has 1 aliphatic rings. The van der Waals surface area contributed by atoms with E-state index < -0.39 is 36.2 Å². The molecule has 1 amide bonds. The van der Waals surface area contributed by atoms with Crippen LogP contribution in [-0.2, 0) is 14.3 Å². The number of rotatable bonds is 4. The van der Waals surface area contributed by atoms with E-state index in [0.717, 1.165) is 0 Å². The zero-order valence-corrected chi connectivity index (χ0v) is 7.01. The van der Waals surface area contributed by atoms with Crippen molar-refractivity contribution in [3.8, 4) is 0 Å². The molecule has 1 aliphatic heterocycles. The van der Waals surface area contributed by atoms with Gasteiger partial charge in [-0.25, -0.2) is 4.79 Å². The predicted octanol–water partition coefficient (Wildman–Crippen LogP) is -2.22. The zero-order valence-electron chi connectivity index (χ0n) is 7.01. The van der Waals surface area contributed by atoms with E-state index in [1.807, 2.05) is 5.32 Å². The van der Waals surface area contributed by atoms with Crippen LogP contribution in [0.25, 0.3) is 0 Å². The Labute approximate surface area is 78.6 Å². The Morgan fingerprint density at radius 3 is 2.79 bits per heavy atom. The maximum Gasteiger partial charge on any atom is 0.359 e. The van der Waals surface area contributed by atoms with Crippen molar-refractivity contribution in [1.29, 1.82) is 0 Å². The molecule has 78 valence electrons. The summed E-state index contributed by atoms with van der Waals surface area (Å²) in [5, 5.41) is 28.9. The van der Waals surface area contributed by atoms with Gasteiger partial charge in [0.25, 0.3) is 0 Å². The van der Waals surface area contributed by atoms with E-state index in [9.17, 15) is 14.7 Å². The second-order valence-electron chi connectivity index (χ2n) is 2.60. The van der Waals surface area contributed by atoms with E-state index in [-0.39, 0.29) is 6.41 Å². The van der Waals surface area contributed by atoms with Crippen molar-refractivity contribution in [3.05, 3.63) is 11.5 Å². The van der Waals surface area contributed by atoms with Crippen molar-refractivity contribution >= 4 is 12.4 Å². The molecule has 0 spiro atoms. The molecular formula is C7H9NO6. The van der Waals surface area contributed by atoms with E-state index in [4.69, 9.17) is 10.2 Å². The van der Waals surface area contributed by atoms with Crippen LogP contribution < -0.4 is 5.32 Å². The maximum atomic E-state index is 11.0. The maximum absolute atomic E-state index is 11.0. The molecule has 14 heavy (non-hydrogen) atoms. The van der Waals surface area contributed by atoms with Crippen molar-refractivity contribution in [2.75, 3.05) is 6.61 Å². The number of hydrogen-bond donors (Lipinski definition) is 4. The minimum Gasteiger partial charge on any atom is -0.506 e. The lowest BCUT2D eigenvalue weighted by Gasteiger charge is -2.14. The molecule has 7 nitrogen and oxygen atoms in total. The first-order chi connectivity index (χ1) is 6.61. The Bertz CT molecular complexity index is 286. The molecule has 2 unspecified atom stereocenters. The third-order valence-corrected chi connectivity index (χ3v) is 1.70. The summed E-state index contributed by atoms with van der Waals surface area (Å²) in [6.45, 7) is -0.670. The van der Waals surface area contributed by atoms with Crippen LogP contribution in [0.4, 0.5) is 0 Å². The molecular weight excluding hydrogens is 194 g/mol. The van der Waals surface area contributed by atoms with Crippen molar-refractivity contribution in [2.45, 2.75) is 12.2 Å². The molecule has 0 aromatic carbocycles. The number of ether oxygens (including phenoxy) is 1. The van der Waals surface area contributed by atoms with Gasteiger partial charge in [-0.05, 0) is 0 Å². The first-order valence-electron chi connectivity index (χ1n) is 3.75. The number of cyclic esters (lactones) is 1. The lowest BCUT2D eigenvalue weighted by Crippen LogP contribution is -2.31. The van der Waals surface area contributed by atoms with Gasteiger partial charge in [0, 0.05) is 0 Å². The van der Waals surface area contributed by atoms with Crippen molar-refractivity contribution in [3.63, 3.8) is 0 Å². The largest absolute Gasteiger partial charge is 0.506 e. The van der Waals surface area contributed by atoms with Crippen LogP contribution in [-0.4, -0.2) is 46.5 Å². The second-order valence-corrected chi connectivity index (χ2v) is 2.60. The van der Waals surface area contributed by atoms with Crippen LogP contribution in [0.1, 0.15) is 0 Å². The van der Waals surface area contributed by atoms with Gasteiger partial charge in [-0.2, -0.15) is 0 Å². The molecule has 2 atom stereocenters. The fraction of sp³-hybridized carbons (Fsp3) is 0.429. The zero-order chi connectivity index (χ0) is 10.7. The molecule has 0 fully saturated rings. The number of carbonyl (C=O) groups excluding carboxylic acids is 2. The lowest BCUT2D eigenvalue weighted by molar-refractivity contribution is -0.146. The topological polar surface area (TPSA) is 116 Å². The van der Waals surface area contributed by atoms with Gasteiger partial charge in [-0.3, -0.25) is 4.79 Å². The van der Waals surface area contributed by atoms with Gasteiger partial charge in [-0.1, -0.05) is 0 Å². The summed E-state index contributed by atoms with van der Waals surface area (Å²) in [4.78, 5) is 21.0. The number of carbonyl (C=O) groups is 2. The summed E-state index contributed by atoms with van der Waals surface area (Å²) >= 11 is 0. The molecule has 0 radical (unpaired) electrons. The Morgan fingerprint density at radius 1 is 1.64 bits per heavy atom. The summed E-state index contributed by atoms with van der Waals surface area (Å²) in [6, 6.07) is 0. The quantitative estimate of drug-likeness (QED) is 0.304. The highest BCUT2D eigenvalue weighted by Crippen LogP contribution is 2.20. The Balaban J connectivity index is 2.86. The molecule has 1 heterocycles. The second kappa shape index (κ2) is 4.07. The van der Waals surface area contributed by atoms with Crippen LogP contribution in [0, 0.1) is 0 Å². The Hall–Kier alpha value is -1.60. The summed E-state index contributed by atoms with van der Waals surface area (Å²) in [6.07, 6.45) is -2.54. The number of esters is 1. The minimum atomic E-state index is -1.41. The molecule has 0 bridgehead atoms. The third kappa shape index (κ3) is 1.68. The summed E-state index contributed by atoms with van der Waals surface area (Å²) in [7, 11) is 0. The average molecular weight is 203 g/mol. The van der Waals surface area contributed by atoms with Gasteiger partial charge in [0.2, 0.25) is 6.41 Å². The first kappa shape index (κ1) is 10.5. The van der Waals surface area contributed by atoms with E-state index in [1.54, 1.807) is 0 Å². The minimum absolute atomic E-state index is 0.195. The number of amides is 1. The molecule has 0 saturated heterocycles. The smallest absolute Gasteiger partial charge is 0.359 e. The Kier molecular flexibility index (Phi) is 3.05. The van der Waals surface area contributed by atoms with Gasteiger partial charge < -0.3 is 25.4 Å². The third-order valence-electron chi connectivity index (χ3n) is 1.70. The number of hydrogen-bond acceptors (Lipinski definition) is 6. The molecule has 0 aliphatic carbocycles. The van der Waals surface area contributed by atoms with Crippen LogP contribution in [0.3, 0.4) is 0 Å². The van der Waals surface area contributed by atoms with Gasteiger partial charge in [0.15, 0.2) is 17.6 Å². The summed E-state index contributed by atoms with van der Waals surface area (Å²) in [5.41, 5.74) is -0.419. The van der Waals surface area contributed by atoms with Crippen LogP contribution >= 0.6 is 0 Å². The molecule has 0 aromatic rings. The summed E-state index contributed by atoms with van der Waals surface area (Å²) in [5.74, 6) is -1.55. The van der Waals surface area contributed by atoms with Gasteiger partial charge in [-0.15, -0.1) is 0 Å². The predicted molar refractivity (Wildman–Crippen MR) is 41.8 cm³/mol.